The number of piperidine rings is 1. The molecule has 1 aliphatic carbocycles. The predicted octanol–water partition coefficient (Wildman–Crippen LogP) is 1.48. The standard InChI is InChI=1S/C15H19N5O/c1-10-16-15-17-13-5-3-2-4-12(13)14(20(15)18-10)19-8-6-11(21)7-9-19/h2-9H2,1H3. The molecule has 110 valence electrons. The van der Waals surface area contributed by atoms with Crippen LogP contribution in [0.2, 0.25) is 0 Å². The van der Waals surface area contributed by atoms with Gasteiger partial charge in [0.1, 0.15) is 17.4 Å². The predicted molar refractivity (Wildman–Crippen MR) is 78.6 cm³/mol. The number of carbonyl (C=O) groups is 1. The molecule has 2 aromatic heterocycles. The van der Waals surface area contributed by atoms with Crippen LogP contribution in [0, 0.1) is 6.92 Å². The second-order valence-electron chi connectivity index (χ2n) is 5.96. The molecule has 1 fully saturated rings. The monoisotopic (exact) mass is 285 g/mol. The maximum atomic E-state index is 11.5. The zero-order valence-corrected chi connectivity index (χ0v) is 12.3. The van der Waals surface area contributed by atoms with Crippen LogP contribution < -0.4 is 4.90 Å². The van der Waals surface area contributed by atoms with E-state index in [0.717, 1.165) is 37.6 Å². The summed E-state index contributed by atoms with van der Waals surface area (Å²) in [4.78, 5) is 23.0. The van der Waals surface area contributed by atoms with Crippen LogP contribution >= 0.6 is 0 Å². The van der Waals surface area contributed by atoms with Crippen molar-refractivity contribution in [2.45, 2.75) is 45.4 Å². The van der Waals surface area contributed by atoms with Gasteiger partial charge in [-0.3, -0.25) is 4.79 Å². The van der Waals surface area contributed by atoms with Crippen LogP contribution in [0.1, 0.15) is 42.8 Å². The normalized spacial score (nSPS) is 19.1. The molecule has 2 aromatic rings. The third-order valence-electron chi connectivity index (χ3n) is 4.46. The third kappa shape index (κ3) is 2.09. The van der Waals surface area contributed by atoms with Gasteiger partial charge in [0.25, 0.3) is 5.78 Å². The number of carbonyl (C=O) groups excluding carboxylic acids is 1. The Morgan fingerprint density at radius 1 is 1.00 bits per heavy atom. The molecule has 6 nitrogen and oxygen atoms in total. The van der Waals surface area contributed by atoms with E-state index >= 15 is 0 Å². The first-order valence-electron chi connectivity index (χ1n) is 7.74. The second kappa shape index (κ2) is 4.79. The lowest BCUT2D eigenvalue weighted by atomic mass is 9.95. The minimum Gasteiger partial charge on any atom is -0.355 e. The molecule has 1 saturated heterocycles. The molecule has 0 bridgehead atoms. The molecule has 2 aliphatic rings. The van der Waals surface area contributed by atoms with Gasteiger partial charge in [0, 0.05) is 31.5 Å². The fourth-order valence-electron chi connectivity index (χ4n) is 3.41. The van der Waals surface area contributed by atoms with E-state index < -0.39 is 0 Å². The number of fused-ring (bicyclic) bond motifs is 2. The van der Waals surface area contributed by atoms with Crippen LogP contribution in [0.15, 0.2) is 0 Å². The minimum atomic E-state index is 0.361. The van der Waals surface area contributed by atoms with Crippen LogP contribution in [-0.4, -0.2) is 38.5 Å². The number of hydrogen-bond acceptors (Lipinski definition) is 5. The SMILES string of the molecule is Cc1nc2nc3c(c(N4CCC(=O)CC4)n2n1)CCCC3. The van der Waals surface area contributed by atoms with Crippen LogP contribution in [0.4, 0.5) is 5.82 Å². The van der Waals surface area contributed by atoms with Gasteiger partial charge in [-0.15, -0.1) is 5.10 Å². The first kappa shape index (κ1) is 12.7. The Labute approximate surface area is 123 Å². The van der Waals surface area contributed by atoms with Gasteiger partial charge in [-0.05, 0) is 32.6 Å². The number of anilines is 1. The van der Waals surface area contributed by atoms with E-state index in [4.69, 9.17) is 4.98 Å². The summed E-state index contributed by atoms with van der Waals surface area (Å²) < 4.78 is 1.88. The molecule has 0 N–H and O–H groups in total. The van der Waals surface area contributed by atoms with Gasteiger partial charge in [0.2, 0.25) is 0 Å². The van der Waals surface area contributed by atoms with Gasteiger partial charge in [0.15, 0.2) is 0 Å². The van der Waals surface area contributed by atoms with Gasteiger partial charge >= 0.3 is 0 Å². The summed E-state index contributed by atoms with van der Waals surface area (Å²) in [6, 6.07) is 0. The van der Waals surface area contributed by atoms with E-state index in [9.17, 15) is 4.79 Å². The van der Waals surface area contributed by atoms with Gasteiger partial charge in [-0.1, -0.05) is 0 Å². The number of aromatic nitrogens is 4. The largest absolute Gasteiger partial charge is 0.355 e. The Bertz CT molecular complexity index is 710. The molecule has 0 unspecified atom stereocenters. The summed E-state index contributed by atoms with van der Waals surface area (Å²) in [6.07, 6.45) is 5.74. The van der Waals surface area contributed by atoms with Gasteiger partial charge < -0.3 is 4.90 Å². The number of ketones is 1. The van der Waals surface area contributed by atoms with Crippen LogP contribution in [0.5, 0.6) is 0 Å². The lowest BCUT2D eigenvalue weighted by molar-refractivity contribution is -0.119. The number of hydrogen-bond donors (Lipinski definition) is 0. The van der Waals surface area contributed by atoms with Crippen LogP contribution in [0.3, 0.4) is 0 Å². The first-order valence-corrected chi connectivity index (χ1v) is 7.74. The summed E-state index contributed by atoms with van der Waals surface area (Å²) in [6.45, 7) is 3.46. The molecular formula is C15H19N5O. The van der Waals surface area contributed by atoms with Crippen molar-refractivity contribution >= 4 is 17.4 Å². The van der Waals surface area contributed by atoms with Gasteiger partial charge in [-0.25, -0.2) is 4.98 Å². The van der Waals surface area contributed by atoms with Crippen molar-refractivity contribution in [3.05, 3.63) is 17.1 Å². The Morgan fingerprint density at radius 3 is 2.57 bits per heavy atom. The molecule has 0 radical (unpaired) electrons. The number of Topliss-reactive ketones (excluding diaryl/α,β-unsaturated/α-hetero) is 1. The van der Waals surface area contributed by atoms with Crippen molar-refractivity contribution in [3.63, 3.8) is 0 Å². The Hall–Kier alpha value is -1.98. The van der Waals surface area contributed by atoms with E-state index in [2.05, 4.69) is 15.0 Å². The fraction of sp³-hybridized carbons (Fsp3) is 0.600. The Balaban J connectivity index is 1.89. The van der Waals surface area contributed by atoms with Gasteiger partial charge in [0.05, 0.1) is 5.69 Å². The summed E-state index contributed by atoms with van der Waals surface area (Å²) >= 11 is 0. The molecular weight excluding hydrogens is 266 g/mol. The summed E-state index contributed by atoms with van der Waals surface area (Å²) in [5.41, 5.74) is 2.49. The zero-order valence-electron chi connectivity index (χ0n) is 12.3. The quantitative estimate of drug-likeness (QED) is 0.794. The fourth-order valence-corrected chi connectivity index (χ4v) is 3.41. The average Bonchev–Trinajstić information content (AvgIpc) is 2.85. The van der Waals surface area contributed by atoms with Gasteiger partial charge in [-0.2, -0.15) is 9.50 Å². The number of aryl methyl sites for hydroxylation is 2. The Morgan fingerprint density at radius 2 is 1.76 bits per heavy atom. The van der Waals surface area contributed by atoms with Crippen LogP contribution in [0.25, 0.3) is 5.78 Å². The van der Waals surface area contributed by atoms with E-state index in [1.807, 2.05) is 11.4 Å². The lowest BCUT2D eigenvalue weighted by Gasteiger charge is -2.31. The van der Waals surface area contributed by atoms with E-state index in [-0.39, 0.29) is 0 Å². The first-order chi connectivity index (χ1) is 10.2. The number of nitrogens with zero attached hydrogens (tertiary/aromatic N) is 5. The van der Waals surface area contributed by atoms with Crippen molar-refractivity contribution in [2.24, 2.45) is 0 Å². The van der Waals surface area contributed by atoms with Crippen molar-refractivity contribution in [1.82, 2.24) is 19.6 Å². The van der Waals surface area contributed by atoms with Crippen molar-refractivity contribution in [2.75, 3.05) is 18.0 Å². The molecule has 3 heterocycles. The third-order valence-corrected chi connectivity index (χ3v) is 4.46. The smallest absolute Gasteiger partial charge is 0.254 e. The summed E-state index contributed by atoms with van der Waals surface area (Å²) in [7, 11) is 0. The van der Waals surface area contributed by atoms with Crippen molar-refractivity contribution in [1.29, 1.82) is 0 Å². The molecule has 6 heteroatoms. The topological polar surface area (TPSA) is 63.4 Å². The average molecular weight is 285 g/mol. The van der Waals surface area contributed by atoms with E-state index in [1.54, 1.807) is 0 Å². The maximum Gasteiger partial charge on any atom is 0.254 e. The van der Waals surface area contributed by atoms with Crippen molar-refractivity contribution < 1.29 is 4.79 Å². The molecule has 0 spiro atoms. The Kier molecular flexibility index (Phi) is 2.90. The highest BCUT2D eigenvalue weighted by molar-refractivity contribution is 5.81. The highest BCUT2D eigenvalue weighted by Gasteiger charge is 2.26. The summed E-state index contributed by atoms with van der Waals surface area (Å²) in [5.74, 6) is 2.93. The lowest BCUT2D eigenvalue weighted by Crippen LogP contribution is -2.36. The van der Waals surface area contributed by atoms with Crippen LogP contribution in [-0.2, 0) is 17.6 Å². The molecule has 0 atom stereocenters. The van der Waals surface area contributed by atoms with E-state index in [1.165, 1.54) is 24.1 Å². The highest BCUT2D eigenvalue weighted by atomic mass is 16.1. The molecule has 0 amide bonds. The molecule has 0 saturated carbocycles. The highest BCUT2D eigenvalue weighted by Crippen LogP contribution is 2.31. The second-order valence-corrected chi connectivity index (χ2v) is 5.96. The molecule has 1 aliphatic heterocycles. The molecule has 21 heavy (non-hydrogen) atoms. The zero-order chi connectivity index (χ0) is 14.4. The summed E-state index contributed by atoms with van der Waals surface area (Å²) in [5, 5.41) is 4.53. The van der Waals surface area contributed by atoms with Crippen molar-refractivity contribution in [3.8, 4) is 0 Å². The maximum absolute atomic E-state index is 11.5. The van der Waals surface area contributed by atoms with E-state index in [0.29, 0.717) is 24.4 Å². The minimum absolute atomic E-state index is 0.361. The number of rotatable bonds is 1. The molecule has 0 aromatic carbocycles. The molecule has 4 rings (SSSR count).